The van der Waals surface area contributed by atoms with Crippen molar-refractivity contribution in [2.24, 2.45) is 0 Å². The topological polar surface area (TPSA) is 71.5 Å². The fraction of sp³-hybridized carbons (Fsp3) is 0.400. The number of piperidine rings is 1. The Morgan fingerprint density at radius 2 is 1.88 bits per heavy atom. The molecule has 1 atom stereocenters. The molecule has 0 aliphatic carbocycles. The first-order chi connectivity index (χ1) is 16.1. The number of hydrogen-bond acceptors (Lipinski definition) is 6. The standard InChI is InChI=1S/C25H29N3O3S2/c1-32-16-13-21(26-23(29)17-31-19-7-3-2-4-8-19)25(30)28-14-11-18(12-15-28)24-27-20-9-5-6-10-22(20)33-24/h2-10,18,21H,11-17H2,1H3,(H,26,29)/t21-/m1/s1. The molecule has 1 saturated heterocycles. The highest BCUT2D eigenvalue weighted by Crippen LogP contribution is 2.34. The number of aromatic nitrogens is 1. The van der Waals surface area contributed by atoms with Gasteiger partial charge in [0, 0.05) is 19.0 Å². The Labute approximate surface area is 202 Å². The maximum Gasteiger partial charge on any atom is 0.258 e. The van der Waals surface area contributed by atoms with E-state index in [2.05, 4.69) is 17.4 Å². The predicted octanol–water partition coefficient (Wildman–Crippen LogP) is 4.32. The van der Waals surface area contributed by atoms with E-state index in [1.807, 2.05) is 41.5 Å². The third-order valence-corrected chi connectivity index (χ3v) is 7.67. The zero-order chi connectivity index (χ0) is 23.0. The van der Waals surface area contributed by atoms with Gasteiger partial charge in [-0.2, -0.15) is 11.8 Å². The van der Waals surface area contributed by atoms with Crippen molar-refractivity contribution in [2.75, 3.05) is 31.7 Å². The van der Waals surface area contributed by atoms with E-state index in [0.29, 0.717) is 31.2 Å². The van der Waals surface area contributed by atoms with Crippen LogP contribution >= 0.6 is 23.1 Å². The lowest BCUT2D eigenvalue weighted by Gasteiger charge is -2.33. The highest BCUT2D eigenvalue weighted by atomic mass is 32.2. The Bertz CT molecular complexity index is 1030. The maximum atomic E-state index is 13.2. The number of fused-ring (bicyclic) bond motifs is 1. The van der Waals surface area contributed by atoms with Crippen molar-refractivity contribution in [1.29, 1.82) is 0 Å². The number of amides is 2. The van der Waals surface area contributed by atoms with Gasteiger partial charge in [0.05, 0.1) is 15.2 Å². The molecule has 4 rings (SSSR count). The van der Waals surface area contributed by atoms with Crippen LogP contribution in [0, 0.1) is 0 Å². The molecule has 2 aromatic carbocycles. The lowest BCUT2D eigenvalue weighted by Crippen LogP contribution is -2.51. The van der Waals surface area contributed by atoms with Crippen LogP contribution in [0.25, 0.3) is 10.2 Å². The summed E-state index contributed by atoms with van der Waals surface area (Å²) in [6, 6.07) is 16.9. The summed E-state index contributed by atoms with van der Waals surface area (Å²) >= 11 is 3.43. The monoisotopic (exact) mass is 483 g/mol. The summed E-state index contributed by atoms with van der Waals surface area (Å²) < 4.78 is 6.75. The minimum atomic E-state index is -0.525. The minimum absolute atomic E-state index is 0.000129. The summed E-state index contributed by atoms with van der Waals surface area (Å²) in [5, 5.41) is 4.06. The Morgan fingerprint density at radius 1 is 1.15 bits per heavy atom. The number of nitrogens with zero attached hydrogens (tertiary/aromatic N) is 2. The van der Waals surface area contributed by atoms with Crippen LogP contribution in [0.2, 0.25) is 0 Å². The van der Waals surface area contributed by atoms with Gasteiger partial charge in [0.15, 0.2) is 6.61 Å². The second kappa shape index (κ2) is 11.5. The Morgan fingerprint density at radius 3 is 2.61 bits per heavy atom. The molecular formula is C25H29N3O3S2. The molecule has 0 unspecified atom stereocenters. The molecule has 1 aromatic heterocycles. The molecule has 1 aliphatic rings. The van der Waals surface area contributed by atoms with Gasteiger partial charge in [0.2, 0.25) is 5.91 Å². The summed E-state index contributed by atoms with van der Waals surface area (Å²) in [4.78, 5) is 32.4. The first-order valence-corrected chi connectivity index (χ1v) is 13.5. The molecule has 1 N–H and O–H groups in total. The van der Waals surface area contributed by atoms with Crippen LogP contribution in [0.4, 0.5) is 0 Å². The second-order valence-electron chi connectivity index (χ2n) is 8.12. The SMILES string of the molecule is CSCC[C@@H](NC(=O)COc1ccccc1)C(=O)N1CCC(c2nc3ccccc3s2)CC1. The summed E-state index contributed by atoms with van der Waals surface area (Å²) in [5.74, 6) is 1.54. The molecule has 33 heavy (non-hydrogen) atoms. The summed E-state index contributed by atoms with van der Waals surface area (Å²) in [5.41, 5.74) is 1.05. The van der Waals surface area contributed by atoms with Crippen molar-refractivity contribution in [3.63, 3.8) is 0 Å². The summed E-state index contributed by atoms with van der Waals surface area (Å²) in [6.45, 7) is 1.27. The molecule has 1 fully saturated rings. The minimum Gasteiger partial charge on any atom is -0.484 e. The molecule has 6 nitrogen and oxygen atoms in total. The number of thiazole rings is 1. The molecule has 2 heterocycles. The van der Waals surface area contributed by atoms with Crippen LogP contribution in [0.5, 0.6) is 5.75 Å². The molecule has 174 valence electrons. The largest absolute Gasteiger partial charge is 0.484 e. The van der Waals surface area contributed by atoms with Gasteiger partial charge in [-0.25, -0.2) is 4.98 Å². The van der Waals surface area contributed by atoms with Crippen molar-refractivity contribution in [2.45, 2.75) is 31.2 Å². The highest BCUT2D eigenvalue weighted by molar-refractivity contribution is 7.98. The third kappa shape index (κ3) is 6.26. The third-order valence-electron chi connectivity index (χ3n) is 5.82. The number of hydrogen-bond donors (Lipinski definition) is 1. The summed E-state index contributed by atoms with van der Waals surface area (Å²) in [6.07, 6.45) is 4.40. The van der Waals surface area contributed by atoms with E-state index in [1.165, 1.54) is 4.70 Å². The number of carbonyl (C=O) groups excluding carboxylic acids is 2. The molecule has 0 spiro atoms. The van der Waals surface area contributed by atoms with Crippen LogP contribution in [-0.2, 0) is 9.59 Å². The van der Waals surface area contributed by atoms with E-state index >= 15 is 0 Å². The highest BCUT2D eigenvalue weighted by Gasteiger charge is 2.30. The number of ether oxygens (including phenoxy) is 1. The number of para-hydroxylation sites is 2. The zero-order valence-electron chi connectivity index (χ0n) is 18.7. The Kier molecular flexibility index (Phi) is 8.23. The number of likely N-dealkylation sites (tertiary alicyclic amines) is 1. The van der Waals surface area contributed by atoms with Crippen LogP contribution in [0.15, 0.2) is 54.6 Å². The molecule has 2 amide bonds. The van der Waals surface area contributed by atoms with Crippen LogP contribution in [0.3, 0.4) is 0 Å². The first kappa shape index (κ1) is 23.6. The average Bonchev–Trinajstić information content (AvgIpc) is 3.30. The maximum absolute atomic E-state index is 13.2. The van der Waals surface area contributed by atoms with Crippen LogP contribution in [-0.4, -0.2) is 59.4 Å². The second-order valence-corrected chi connectivity index (χ2v) is 10.2. The Hall–Kier alpha value is -2.58. The average molecular weight is 484 g/mol. The van der Waals surface area contributed by atoms with E-state index in [0.717, 1.165) is 29.1 Å². The van der Waals surface area contributed by atoms with Gasteiger partial charge < -0.3 is 15.0 Å². The molecule has 3 aromatic rings. The van der Waals surface area contributed by atoms with Gasteiger partial charge >= 0.3 is 0 Å². The van der Waals surface area contributed by atoms with Crippen molar-refractivity contribution in [3.8, 4) is 5.75 Å². The lowest BCUT2D eigenvalue weighted by molar-refractivity contribution is -0.137. The molecule has 1 aliphatic heterocycles. The van der Waals surface area contributed by atoms with E-state index in [1.54, 1.807) is 35.2 Å². The van der Waals surface area contributed by atoms with Gasteiger partial charge in [0.1, 0.15) is 11.8 Å². The normalized spacial score (nSPS) is 15.4. The molecular weight excluding hydrogens is 454 g/mol. The van der Waals surface area contributed by atoms with Gasteiger partial charge in [-0.3, -0.25) is 9.59 Å². The quantitative estimate of drug-likeness (QED) is 0.491. The van der Waals surface area contributed by atoms with Crippen molar-refractivity contribution in [1.82, 2.24) is 15.2 Å². The first-order valence-electron chi connectivity index (χ1n) is 11.2. The smallest absolute Gasteiger partial charge is 0.258 e. The van der Waals surface area contributed by atoms with Crippen molar-refractivity contribution >= 4 is 45.1 Å². The van der Waals surface area contributed by atoms with Gasteiger partial charge in [0.25, 0.3) is 5.91 Å². The zero-order valence-corrected chi connectivity index (χ0v) is 20.4. The predicted molar refractivity (Wildman–Crippen MR) is 135 cm³/mol. The molecule has 0 saturated carbocycles. The van der Waals surface area contributed by atoms with Crippen molar-refractivity contribution in [3.05, 3.63) is 59.6 Å². The van der Waals surface area contributed by atoms with E-state index < -0.39 is 6.04 Å². The van der Waals surface area contributed by atoms with E-state index in [4.69, 9.17) is 9.72 Å². The number of nitrogens with one attached hydrogen (secondary N) is 1. The van der Waals surface area contributed by atoms with Crippen LogP contribution in [0.1, 0.15) is 30.2 Å². The molecule has 8 heteroatoms. The lowest BCUT2D eigenvalue weighted by atomic mass is 9.97. The molecule has 0 bridgehead atoms. The van der Waals surface area contributed by atoms with Gasteiger partial charge in [-0.05, 0) is 55.5 Å². The number of benzene rings is 2. The number of carbonyl (C=O) groups is 2. The van der Waals surface area contributed by atoms with E-state index in [9.17, 15) is 9.59 Å². The molecule has 0 radical (unpaired) electrons. The van der Waals surface area contributed by atoms with Gasteiger partial charge in [-0.1, -0.05) is 30.3 Å². The number of thioether (sulfide) groups is 1. The van der Waals surface area contributed by atoms with Crippen molar-refractivity contribution < 1.29 is 14.3 Å². The van der Waals surface area contributed by atoms with Gasteiger partial charge in [-0.15, -0.1) is 11.3 Å². The van der Waals surface area contributed by atoms with E-state index in [-0.39, 0.29) is 18.4 Å². The summed E-state index contributed by atoms with van der Waals surface area (Å²) in [7, 11) is 0. The fourth-order valence-electron chi connectivity index (χ4n) is 4.03. The Balaban J connectivity index is 1.32. The fourth-order valence-corrected chi connectivity index (χ4v) is 5.63. The van der Waals surface area contributed by atoms with Crippen LogP contribution < -0.4 is 10.1 Å². The number of rotatable bonds is 9.